The van der Waals surface area contributed by atoms with Crippen LogP contribution >= 0.6 is 0 Å². The van der Waals surface area contributed by atoms with Crippen LogP contribution in [-0.2, 0) is 9.53 Å². The molecule has 3 fully saturated rings. The lowest BCUT2D eigenvalue weighted by Gasteiger charge is -2.58. The third-order valence-electron chi connectivity index (χ3n) is 8.24. The fourth-order valence-electron chi connectivity index (χ4n) is 6.96. The van der Waals surface area contributed by atoms with Gasteiger partial charge in [0.25, 0.3) is 0 Å². The molecule has 3 heteroatoms. The normalized spacial score (nSPS) is 49.5. The Morgan fingerprint density at radius 3 is 2.48 bits per heavy atom. The van der Waals surface area contributed by atoms with Gasteiger partial charge in [0.1, 0.15) is 5.78 Å². The van der Waals surface area contributed by atoms with E-state index in [1.807, 2.05) is 7.11 Å². The molecular formula is C20H34O3. The Labute approximate surface area is 141 Å². The number of aliphatic hydroxyl groups excluding tert-OH is 1. The molecule has 0 aliphatic heterocycles. The van der Waals surface area contributed by atoms with E-state index in [2.05, 4.69) is 13.8 Å². The minimum absolute atomic E-state index is 0.110. The zero-order valence-electron chi connectivity index (χ0n) is 15.3. The Kier molecular flexibility index (Phi) is 4.65. The predicted molar refractivity (Wildman–Crippen MR) is 91.1 cm³/mol. The fraction of sp³-hybridized carbons (Fsp3) is 0.950. The Morgan fingerprint density at radius 2 is 1.87 bits per heavy atom. The summed E-state index contributed by atoms with van der Waals surface area (Å²) in [6, 6.07) is 0. The standard InChI is InChI=1S/C20H34O3/c1-13(22)16-7-8-17-15-6-5-14(10-12-21)20(3,23-4)18(15)9-11-19(16,17)2/h14-18,21H,5-12H2,1-4H3/t14-,15-,16+,17-,18-,19+,20?/m0/s1. The van der Waals surface area contributed by atoms with Gasteiger partial charge in [-0.15, -0.1) is 0 Å². The van der Waals surface area contributed by atoms with Gasteiger partial charge >= 0.3 is 0 Å². The molecular weight excluding hydrogens is 288 g/mol. The molecule has 0 aromatic heterocycles. The molecule has 1 unspecified atom stereocenters. The first kappa shape index (κ1) is 17.4. The van der Waals surface area contributed by atoms with Crippen molar-refractivity contribution >= 4 is 5.78 Å². The maximum absolute atomic E-state index is 12.1. The smallest absolute Gasteiger partial charge is 0.133 e. The first-order chi connectivity index (χ1) is 10.9. The molecule has 0 aromatic rings. The highest BCUT2D eigenvalue weighted by Crippen LogP contribution is 2.64. The van der Waals surface area contributed by atoms with Gasteiger partial charge in [-0.05, 0) is 87.9 Å². The molecule has 3 aliphatic carbocycles. The summed E-state index contributed by atoms with van der Waals surface area (Å²) in [7, 11) is 1.85. The number of hydrogen-bond acceptors (Lipinski definition) is 3. The number of methoxy groups -OCH3 is 1. The topological polar surface area (TPSA) is 46.5 Å². The van der Waals surface area contributed by atoms with Crippen LogP contribution in [0.2, 0.25) is 0 Å². The number of fused-ring (bicyclic) bond motifs is 3. The summed E-state index contributed by atoms with van der Waals surface area (Å²) in [6.07, 6.45) is 7.89. The number of Topliss-reactive ketones (excluding diaryl/α,β-unsaturated/α-hetero) is 1. The van der Waals surface area contributed by atoms with Crippen molar-refractivity contribution in [2.24, 2.45) is 35.0 Å². The van der Waals surface area contributed by atoms with Crippen molar-refractivity contribution in [3.05, 3.63) is 0 Å². The molecule has 0 bridgehead atoms. The quantitative estimate of drug-likeness (QED) is 0.855. The van der Waals surface area contributed by atoms with Crippen LogP contribution in [0.4, 0.5) is 0 Å². The van der Waals surface area contributed by atoms with Crippen LogP contribution in [0, 0.1) is 35.0 Å². The Bertz CT molecular complexity index is 462. The maximum Gasteiger partial charge on any atom is 0.133 e. The second-order valence-electron chi connectivity index (χ2n) is 8.84. The monoisotopic (exact) mass is 322 g/mol. The zero-order chi connectivity index (χ0) is 16.8. The number of carbonyl (C=O) groups is 1. The molecule has 3 nitrogen and oxygen atoms in total. The molecule has 1 N–H and O–H groups in total. The molecule has 23 heavy (non-hydrogen) atoms. The summed E-state index contributed by atoms with van der Waals surface area (Å²) < 4.78 is 6.09. The van der Waals surface area contributed by atoms with Gasteiger partial charge in [-0.3, -0.25) is 4.79 Å². The SMILES string of the molecule is COC1(C)[C@H](CCO)CC[C@@H]2[C@@H]1CC[C@]1(C)[C@@H](C(C)=O)CC[C@@H]21. The van der Waals surface area contributed by atoms with E-state index in [4.69, 9.17) is 4.74 Å². The number of carbonyl (C=O) groups excluding carboxylic acids is 1. The van der Waals surface area contributed by atoms with Crippen LogP contribution < -0.4 is 0 Å². The minimum atomic E-state index is -0.110. The van der Waals surface area contributed by atoms with Gasteiger partial charge in [-0.1, -0.05) is 6.92 Å². The second kappa shape index (κ2) is 6.15. The van der Waals surface area contributed by atoms with Crippen LogP contribution in [0.25, 0.3) is 0 Å². The lowest BCUT2D eigenvalue weighted by molar-refractivity contribution is -0.172. The minimum Gasteiger partial charge on any atom is -0.396 e. The van der Waals surface area contributed by atoms with Crippen molar-refractivity contribution in [1.82, 2.24) is 0 Å². The van der Waals surface area contributed by atoms with E-state index in [0.29, 0.717) is 29.5 Å². The third kappa shape index (κ3) is 2.50. The summed E-state index contributed by atoms with van der Waals surface area (Å²) in [5.41, 5.74) is 0.104. The van der Waals surface area contributed by atoms with Crippen LogP contribution in [0.3, 0.4) is 0 Å². The lowest BCUT2D eigenvalue weighted by atomic mass is 9.50. The van der Waals surface area contributed by atoms with Crippen molar-refractivity contribution in [2.75, 3.05) is 13.7 Å². The van der Waals surface area contributed by atoms with Crippen molar-refractivity contribution in [1.29, 1.82) is 0 Å². The summed E-state index contributed by atoms with van der Waals surface area (Å²) >= 11 is 0. The number of ether oxygens (including phenoxy) is 1. The predicted octanol–water partition coefficient (Wildman–Crippen LogP) is 3.83. The number of ketones is 1. The highest BCUT2D eigenvalue weighted by Gasteiger charge is 2.60. The largest absolute Gasteiger partial charge is 0.396 e. The van der Waals surface area contributed by atoms with Gasteiger partial charge in [0.2, 0.25) is 0 Å². The van der Waals surface area contributed by atoms with Crippen molar-refractivity contribution in [2.45, 2.75) is 71.3 Å². The van der Waals surface area contributed by atoms with Crippen molar-refractivity contribution < 1.29 is 14.6 Å². The highest BCUT2D eigenvalue weighted by molar-refractivity contribution is 5.79. The van der Waals surface area contributed by atoms with Crippen LogP contribution in [0.15, 0.2) is 0 Å². The number of aliphatic hydroxyl groups is 1. The second-order valence-corrected chi connectivity index (χ2v) is 8.84. The van der Waals surface area contributed by atoms with Crippen molar-refractivity contribution in [3.63, 3.8) is 0 Å². The molecule has 0 spiro atoms. The number of hydrogen-bond donors (Lipinski definition) is 1. The molecule has 0 heterocycles. The molecule has 0 radical (unpaired) electrons. The molecule has 3 aliphatic rings. The van der Waals surface area contributed by atoms with Gasteiger partial charge in [0.05, 0.1) is 5.60 Å². The van der Waals surface area contributed by atoms with E-state index < -0.39 is 0 Å². The van der Waals surface area contributed by atoms with E-state index in [1.54, 1.807) is 6.92 Å². The Hall–Kier alpha value is -0.410. The van der Waals surface area contributed by atoms with Gasteiger partial charge in [-0.25, -0.2) is 0 Å². The molecule has 0 aromatic carbocycles. The molecule has 0 amide bonds. The Morgan fingerprint density at radius 1 is 1.13 bits per heavy atom. The first-order valence-electron chi connectivity index (χ1n) is 9.55. The molecule has 132 valence electrons. The molecule has 0 saturated heterocycles. The highest BCUT2D eigenvalue weighted by atomic mass is 16.5. The summed E-state index contributed by atoms with van der Waals surface area (Å²) in [5.74, 6) is 3.10. The van der Waals surface area contributed by atoms with Crippen LogP contribution in [0.1, 0.15) is 65.7 Å². The van der Waals surface area contributed by atoms with E-state index in [1.165, 1.54) is 19.3 Å². The van der Waals surface area contributed by atoms with Crippen molar-refractivity contribution in [3.8, 4) is 0 Å². The molecule has 7 atom stereocenters. The molecule has 3 rings (SSSR count). The van der Waals surface area contributed by atoms with Gasteiger partial charge in [0, 0.05) is 19.6 Å². The van der Waals surface area contributed by atoms with Gasteiger partial charge < -0.3 is 9.84 Å². The maximum atomic E-state index is 12.1. The lowest BCUT2D eigenvalue weighted by Crippen LogP contribution is -2.56. The zero-order valence-corrected chi connectivity index (χ0v) is 15.3. The van der Waals surface area contributed by atoms with E-state index >= 15 is 0 Å². The summed E-state index contributed by atoms with van der Waals surface area (Å²) in [6.45, 7) is 6.72. The average Bonchev–Trinajstić information content (AvgIpc) is 2.87. The first-order valence-corrected chi connectivity index (χ1v) is 9.55. The van der Waals surface area contributed by atoms with Crippen LogP contribution in [0.5, 0.6) is 0 Å². The van der Waals surface area contributed by atoms with E-state index in [9.17, 15) is 9.90 Å². The van der Waals surface area contributed by atoms with Crippen LogP contribution in [-0.4, -0.2) is 30.2 Å². The average molecular weight is 322 g/mol. The number of rotatable bonds is 4. The third-order valence-corrected chi connectivity index (χ3v) is 8.24. The Balaban J connectivity index is 1.87. The van der Waals surface area contributed by atoms with Gasteiger partial charge in [0.15, 0.2) is 0 Å². The summed E-state index contributed by atoms with van der Waals surface area (Å²) in [4.78, 5) is 12.1. The summed E-state index contributed by atoms with van der Waals surface area (Å²) in [5, 5.41) is 9.44. The molecule has 3 saturated carbocycles. The van der Waals surface area contributed by atoms with Gasteiger partial charge in [-0.2, -0.15) is 0 Å². The van der Waals surface area contributed by atoms with E-state index in [-0.39, 0.29) is 23.5 Å². The fourth-order valence-corrected chi connectivity index (χ4v) is 6.96. The van der Waals surface area contributed by atoms with E-state index in [0.717, 1.165) is 25.7 Å².